The number of aromatic nitrogens is 1. The largest absolute Gasteiger partial charge is 0.494 e. The van der Waals surface area contributed by atoms with E-state index in [2.05, 4.69) is 4.98 Å². The summed E-state index contributed by atoms with van der Waals surface area (Å²) in [5.41, 5.74) is 0. The summed E-state index contributed by atoms with van der Waals surface area (Å²) in [6, 6.07) is 4.62. The van der Waals surface area contributed by atoms with Crippen molar-refractivity contribution in [2.24, 2.45) is 0 Å². The van der Waals surface area contributed by atoms with Crippen LogP contribution in [0.2, 0.25) is 5.15 Å². The molecule has 1 aromatic carbocycles. The van der Waals surface area contributed by atoms with Gasteiger partial charge in [-0.25, -0.2) is 9.37 Å². The Morgan fingerprint density at radius 2 is 2.21 bits per heavy atom. The summed E-state index contributed by atoms with van der Waals surface area (Å²) in [7, 11) is 1.41. The molecule has 2 nitrogen and oxygen atoms in total. The number of halogens is 2. The molecule has 0 saturated carbocycles. The number of hydrogen-bond donors (Lipinski definition) is 0. The Morgan fingerprint density at radius 3 is 2.93 bits per heavy atom. The van der Waals surface area contributed by atoms with Crippen LogP contribution in [0.15, 0.2) is 24.4 Å². The summed E-state index contributed by atoms with van der Waals surface area (Å²) in [4.78, 5) is 3.90. The summed E-state index contributed by atoms with van der Waals surface area (Å²) in [5, 5.41) is 1.75. The lowest BCUT2D eigenvalue weighted by atomic mass is 10.1. The first-order valence-corrected chi connectivity index (χ1v) is 4.38. The Bertz CT molecular complexity index is 487. The molecular formula is C10H7ClFNO. The quantitative estimate of drug-likeness (QED) is 0.677. The molecule has 0 unspecified atom stereocenters. The van der Waals surface area contributed by atoms with Crippen LogP contribution in [-0.2, 0) is 0 Å². The van der Waals surface area contributed by atoms with Gasteiger partial charge in [0.1, 0.15) is 5.15 Å². The highest BCUT2D eigenvalue weighted by atomic mass is 35.5. The molecule has 2 aromatic rings. The van der Waals surface area contributed by atoms with Crippen LogP contribution in [0.4, 0.5) is 4.39 Å². The first kappa shape index (κ1) is 9.21. The van der Waals surface area contributed by atoms with Crippen molar-refractivity contribution < 1.29 is 9.13 Å². The SMILES string of the molecule is COc1cc2c(Cl)nccc2cc1F. The maximum atomic E-state index is 13.3. The first-order valence-electron chi connectivity index (χ1n) is 4.00. The van der Waals surface area contributed by atoms with E-state index in [4.69, 9.17) is 16.3 Å². The lowest BCUT2D eigenvalue weighted by Crippen LogP contribution is -1.89. The molecule has 1 aromatic heterocycles. The van der Waals surface area contributed by atoms with Gasteiger partial charge in [-0.15, -0.1) is 0 Å². The molecule has 2 rings (SSSR count). The van der Waals surface area contributed by atoms with Crippen molar-refractivity contribution in [3.05, 3.63) is 35.4 Å². The third kappa shape index (κ3) is 1.40. The third-order valence-electron chi connectivity index (χ3n) is 1.99. The van der Waals surface area contributed by atoms with Gasteiger partial charge in [0.2, 0.25) is 0 Å². The summed E-state index contributed by atoms with van der Waals surface area (Å²) < 4.78 is 18.1. The minimum absolute atomic E-state index is 0.174. The number of methoxy groups -OCH3 is 1. The number of hydrogen-bond acceptors (Lipinski definition) is 2. The predicted molar refractivity (Wildman–Crippen MR) is 53.3 cm³/mol. The van der Waals surface area contributed by atoms with E-state index in [1.165, 1.54) is 19.4 Å². The molecule has 0 amide bonds. The van der Waals surface area contributed by atoms with Crippen molar-refractivity contribution in [1.82, 2.24) is 4.98 Å². The average Bonchev–Trinajstić information content (AvgIpc) is 2.17. The van der Waals surface area contributed by atoms with Crippen molar-refractivity contribution in [2.45, 2.75) is 0 Å². The zero-order valence-corrected chi connectivity index (χ0v) is 8.18. The summed E-state index contributed by atoms with van der Waals surface area (Å²) in [6.07, 6.45) is 1.54. The molecule has 0 bridgehead atoms. The van der Waals surface area contributed by atoms with Crippen LogP contribution in [0.3, 0.4) is 0 Å². The van der Waals surface area contributed by atoms with Crippen LogP contribution in [0.1, 0.15) is 0 Å². The van der Waals surface area contributed by atoms with E-state index in [-0.39, 0.29) is 5.75 Å². The molecule has 4 heteroatoms. The van der Waals surface area contributed by atoms with Crippen LogP contribution >= 0.6 is 11.6 Å². The van der Waals surface area contributed by atoms with Gasteiger partial charge in [-0.3, -0.25) is 0 Å². The van der Waals surface area contributed by atoms with E-state index < -0.39 is 5.82 Å². The number of benzene rings is 1. The molecule has 14 heavy (non-hydrogen) atoms. The van der Waals surface area contributed by atoms with Gasteiger partial charge < -0.3 is 4.74 Å². The fraction of sp³-hybridized carbons (Fsp3) is 0.100. The summed E-state index contributed by atoms with van der Waals surface area (Å²) >= 11 is 5.85. The minimum Gasteiger partial charge on any atom is -0.494 e. The zero-order chi connectivity index (χ0) is 10.1. The molecule has 0 spiro atoms. The second-order valence-corrected chi connectivity index (χ2v) is 3.17. The lowest BCUT2D eigenvalue weighted by molar-refractivity contribution is 0.387. The smallest absolute Gasteiger partial charge is 0.165 e. The highest BCUT2D eigenvalue weighted by Crippen LogP contribution is 2.27. The minimum atomic E-state index is -0.401. The zero-order valence-electron chi connectivity index (χ0n) is 7.42. The van der Waals surface area contributed by atoms with Gasteiger partial charge in [-0.1, -0.05) is 11.6 Å². The molecule has 72 valence electrons. The van der Waals surface area contributed by atoms with Gasteiger partial charge in [0.15, 0.2) is 11.6 Å². The standard InChI is InChI=1S/C10H7ClFNO/c1-14-9-5-7-6(4-8(9)12)2-3-13-10(7)11/h2-5H,1H3. The molecule has 0 fully saturated rings. The van der Waals surface area contributed by atoms with E-state index in [1.807, 2.05) is 0 Å². The molecule has 0 N–H and O–H groups in total. The molecular weight excluding hydrogens is 205 g/mol. The second-order valence-electron chi connectivity index (χ2n) is 2.81. The van der Waals surface area contributed by atoms with Crippen LogP contribution in [-0.4, -0.2) is 12.1 Å². The lowest BCUT2D eigenvalue weighted by Gasteiger charge is -2.04. The maximum Gasteiger partial charge on any atom is 0.165 e. The number of ether oxygens (including phenoxy) is 1. The summed E-state index contributed by atoms with van der Waals surface area (Å²) in [6.45, 7) is 0. The second kappa shape index (κ2) is 3.42. The van der Waals surface area contributed by atoms with Crippen LogP contribution in [0.5, 0.6) is 5.75 Å². The fourth-order valence-electron chi connectivity index (χ4n) is 1.29. The topological polar surface area (TPSA) is 22.1 Å². The molecule has 0 atom stereocenters. The normalized spacial score (nSPS) is 10.5. The van der Waals surface area contributed by atoms with Crippen molar-refractivity contribution in [1.29, 1.82) is 0 Å². The van der Waals surface area contributed by atoms with Gasteiger partial charge in [-0.2, -0.15) is 0 Å². The fourth-order valence-corrected chi connectivity index (χ4v) is 1.51. The molecule has 0 saturated heterocycles. The summed E-state index contributed by atoms with van der Waals surface area (Å²) in [5.74, 6) is -0.227. The first-order chi connectivity index (χ1) is 6.72. The molecule has 1 heterocycles. The number of pyridine rings is 1. The Morgan fingerprint density at radius 1 is 1.43 bits per heavy atom. The average molecular weight is 212 g/mol. The van der Waals surface area contributed by atoms with E-state index in [0.29, 0.717) is 15.9 Å². The number of rotatable bonds is 1. The number of nitrogens with zero attached hydrogens (tertiary/aromatic N) is 1. The molecule has 0 radical (unpaired) electrons. The van der Waals surface area contributed by atoms with Gasteiger partial charge in [0.25, 0.3) is 0 Å². The van der Waals surface area contributed by atoms with E-state index in [0.717, 1.165) is 0 Å². The van der Waals surface area contributed by atoms with E-state index in [1.54, 1.807) is 12.1 Å². The third-order valence-corrected chi connectivity index (χ3v) is 2.29. The number of fused-ring (bicyclic) bond motifs is 1. The highest BCUT2D eigenvalue weighted by Gasteiger charge is 2.07. The highest BCUT2D eigenvalue weighted by molar-refractivity contribution is 6.34. The van der Waals surface area contributed by atoms with Crippen LogP contribution in [0, 0.1) is 5.82 Å². The van der Waals surface area contributed by atoms with Crippen LogP contribution < -0.4 is 4.74 Å². The monoisotopic (exact) mass is 211 g/mol. The predicted octanol–water partition coefficient (Wildman–Crippen LogP) is 3.04. The van der Waals surface area contributed by atoms with Crippen molar-refractivity contribution >= 4 is 22.4 Å². The van der Waals surface area contributed by atoms with Gasteiger partial charge in [0, 0.05) is 11.6 Å². The molecule has 0 aliphatic heterocycles. The van der Waals surface area contributed by atoms with Gasteiger partial charge in [0.05, 0.1) is 7.11 Å². The molecule has 0 aliphatic carbocycles. The Balaban J connectivity index is 2.80. The van der Waals surface area contributed by atoms with Crippen molar-refractivity contribution in [3.63, 3.8) is 0 Å². The van der Waals surface area contributed by atoms with Gasteiger partial charge in [-0.05, 0) is 23.6 Å². The Labute approximate surface area is 85.3 Å². The Hall–Kier alpha value is -1.35. The van der Waals surface area contributed by atoms with Crippen molar-refractivity contribution in [2.75, 3.05) is 7.11 Å². The van der Waals surface area contributed by atoms with Crippen molar-refractivity contribution in [3.8, 4) is 5.75 Å². The maximum absolute atomic E-state index is 13.3. The molecule has 0 aliphatic rings. The van der Waals surface area contributed by atoms with E-state index >= 15 is 0 Å². The Kier molecular flexibility index (Phi) is 2.25. The van der Waals surface area contributed by atoms with E-state index in [9.17, 15) is 4.39 Å². The van der Waals surface area contributed by atoms with Gasteiger partial charge >= 0.3 is 0 Å². The van der Waals surface area contributed by atoms with Crippen LogP contribution in [0.25, 0.3) is 10.8 Å².